The third-order valence-corrected chi connectivity index (χ3v) is 8.38. The highest BCUT2D eigenvalue weighted by atomic mass is 32.2. The number of benzene rings is 1. The molecule has 29 heavy (non-hydrogen) atoms. The van der Waals surface area contributed by atoms with Crippen molar-refractivity contribution in [3.05, 3.63) is 29.8 Å². The Morgan fingerprint density at radius 3 is 2.28 bits per heavy atom. The van der Waals surface area contributed by atoms with Gasteiger partial charge in [0.05, 0.1) is 5.75 Å². The molecule has 6 nitrogen and oxygen atoms in total. The quantitative estimate of drug-likeness (QED) is 0.679. The molecule has 1 aliphatic heterocycles. The molecule has 1 amide bonds. The molecule has 1 saturated carbocycles. The third kappa shape index (κ3) is 5.41. The molecule has 1 aromatic carbocycles. The lowest BCUT2D eigenvalue weighted by Crippen LogP contribution is -2.62. The predicted molar refractivity (Wildman–Crippen MR) is 117 cm³/mol. The number of carbonyl (C=O) groups is 1. The fourth-order valence-electron chi connectivity index (χ4n) is 4.62. The van der Waals surface area contributed by atoms with E-state index < -0.39 is 10.0 Å². The zero-order valence-corrected chi connectivity index (χ0v) is 18.2. The fraction of sp³-hybridized carbons (Fsp3) is 0.667. The molecule has 1 saturated heterocycles. The fourth-order valence-corrected chi connectivity index (χ4v) is 6.12. The van der Waals surface area contributed by atoms with Gasteiger partial charge >= 0.3 is 0 Å². The third-order valence-electron chi connectivity index (χ3n) is 6.30. The SMILES string of the molecule is [B]c1ccc(C(=O)NCC2(N3CCN(S(=O)(=O)CCC)CC3)CCCCC2)cc1. The standard InChI is InChI=1S/C21H32BN3O3S/c1-2-16-29(27,28)25-14-12-24(13-15-25)21(10-4-3-5-11-21)17-23-20(26)18-6-8-19(22)9-7-18/h6-9H,2-5,10-17H2,1H3,(H,23,26). The van der Waals surface area contributed by atoms with Crippen molar-refractivity contribution >= 4 is 29.2 Å². The Hall–Kier alpha value is -1.38. The monoisotopic (exact) mass is 417 g/mol. The van der Waals surface area contributed by atoms with Crippen LogP contribution in [0.2, 0.25) is 0 Å². The molecule has 1 aliphatic carbocycles. The smallest absolute Gasteiger partial charge is 0.251 e. The van der Waals surface area contributed by atoms with E-state index in [9.17, 15) is 13.2 Å². The highest BCUT2D eigenvalue weighted by Crippen LogP contribution is 2.34. The van der Waals surface area contributed by atoms with Crippen LogP contribution in [0.3, 0.4) is 0 Å². The van der Waals surface area contributed by atoms with E-state index in [1.807, 2.05) is 6.92 Å². The summed E-state index contributed by atoms with van der Waals surface area (Å²) in [6.45, 7) is 5.01. The maximum absolute atomic E-state index is 12.6. The Morgan fingerprint density at radius 1 is 1.07 bits per heavy atom. The van der Waals surface area contributed by atoms with Gasteiger partial charge in [-0.1, -0.05) is 55.9 Å². The van der Waals surface area contributed by atoms with E-state index in [1.165, 1.54) is 6.42 Å². The second kappa shape index (κ2) is 9.62. The molecule has 1 heterocycles. The average Bonchev–Trinajstić information content (AvgIpc) is 2.73. The lowest BCUT2D eigenvalue weighted by molar-refractivity contribution is 0.0240. The summed E-state index contributed by atoms with van der Waals surface area (Å²) >= 11 is 0. The van der Waals surface area contributed by atoms with E-state index in [0.717, 1.165) is 38.8 Å². The Labute approximate surface area is 176 Å². The lowest BCUT2D eigenvalue weighted by Gasteiger charge is -2.49. The second-order valence-electron chi connectivity index (χ2n) is 8.29. The molecule has 1 N–H and O–H groups in total. The van der Waals surface area contributed by atoms with Gasteiger partial charge in [-0.05, 0) is 19.3 Å². The minimum atomic E-state index is -3.15. The molecule has 1 aromatic rings. The molecular weight excluding hydrogens is 385 g/mol. The number of sulfonamides is 1. The van der Waals surface area contributed by atoms with E-state index >= 15 is 0 Å². The van der Waals surface area contributed by atoms with Crippen LogP contribution in [0.25, 0.3) is 0 Å². The molecule has 0 aromatic heterocycles. The van der Waals surface area contributed by atoms with Gasteiger partial charge in [-0.25, -0.2) is 8.42 Å². The van der Waals surface area contributed by atoms with Gasteiger partial charge < -0.3 is 5.32 Å². The van der Waals surface area contributed by atoms with E-state index in [1.54, 1.807) is 28.6 Å². The summed E-state index contributed by atoms with van der Waals surface area (Å²) < 4.78 is 26.4. The van der Waals surface area contributed by atoms with Crippen molar-refractivity contribution in [3.63, 3.8) is 0 Å². The van der Waals surface area contributed by atoms with Crippen molar-refractivity contribution in [2.75, 3.05) is 38.5 Å². The van der Waals surface area contributed by atoms with Crippen molar-refractivity contribution in [1.29, 1.82) is 0 Å². The van der Waals surface area contributed by atoms with Crippen LogP contribution in [-0.4, -0.2) is 75.4 Å². The molecule has 8 heteroatoms. The van der Waals surface area contributed by atoms with Crippen molar-refractivity contribution in [2.24, 2.45) is 0 Å². The zero-order chi connectivity index (χ0) is 20.9. The Bertz CT molecular complexity index is 784. The van der Waals surface area contributed by atoms with Gasteiger partial charge in [-0.15, -0.1) is 0 Å². The van der Waals surface area contributed by atoms with Crippen LogP contribution in [0.1, 0.15) is 55.8 Å². The molecule has 2 aliphatic rings. The molecule has 2 radical (unpaired) electrons. The van der Waals surface area contributed by atoms with Crippen LogP contribution in [-0.2, 0) is 10.0 Å². The van der Waals surface area contributed by atoms with Crippen LogP contribution >= 0.6 is 0 Å². The van der Waals surface area contributed by atoms with Crippen LogP contribution in [0, 0.1) is 0 Å². The number of amides is 1. The Morgan fingerprint density at radius 2 is 1.69 bits per heavy atom. The van der Waals surface area contributed by atoms with Crippen molar-refractivity contribution < 1.29 is 13.2 Å². The van der Waals surface area contributed by atoms with Crippen molar-refractivity contribution in [3.8, 4) is 0 Å². The van der Waals surface area contributed by atoms with E-state index in [4.69, 9.17) is 7.85 Å². The molecule has 158 valence electrons. The number of hydrogen-bond donors (Lipinski definition) is 1. The molecule has 0 spiro atoms. The van der Waals surface area contributed by atoms with Gasteiger partial charge in [-0.2, -0.15) is 4.31 Å². The first-order valence-corrected chi connectivity index (χ1v) is 12.3. The maximum atomic E-state index is 12.6. The summed E-state index contributed by atoms with van der Waals surface area (Å²) in [5, 5.41) is 3.13. The van der Waals surface area contributed by atoms with Gasteiger partial charge in [-0.3, -0.25) is 9.69 Å². The first-order chi connectivity index (χ1) is 13.9. The summed E-state index contributed by atoms with van der Waals surface area (Å²) in [5.74, 6) is 0.134. The number of nitrogens with one attached hydrogen (secondary N) is 1. The zero-order valence-electron chi connectivity index (χ0n) is 17.4. The number of hydrogen-bond acceptors (Lipinski definition) is 4. The predicted octanol–water partition coefficient (Wildman–Crippen LogP) is 1.27. The van der Waals surface area contributed by atoms with E-state index in [-0.39, 0.29) is 17.2 Å². The minimum absolute atomic E-state index is 0.0810. The Balaban J connectivity index is 1.64. The first kappa shape index (κ1) is 22.3. The average molecular weight is 417 g/mol. The van der Waals surface area contributed by atoms with Crippen molar-refractivity contribution in [2.45, 2.75) is 51.0 Å². The number of piperazine rings is 1. The summed E-state index contributed by atoms with van der Waals surface area (Å²) in [6, 6.07) is 6.97. The van der Waals surface area contributed by atoms with Gasteiger partial charge in [0.2, 0.25) is 10.0 Å². The second-order valence-corrected chi connectivity index (χ2v) is 10.4. The lowest BCUT2D eigenvalue weighted by atomic mass is 9.79. The van der Waals surface area contributed by atoms with Gasteiger partial charge in [0.15, 0.2) is 0 Å². The molecule has 0 unspecified atom stereocenters. The molecule has 0 bridgehead atoms. The number of nitrogens with zero attached hydrogens (tertiary/aromatic N) is 2. The highest BCUT2D eigenvalue weighted by Gasteiger charge is 2.40. The van der Waals surface area contributed by atoms with E-state index in [0.29, 0.717) is 37.1 Å². The molecule has 3 rings (SSSR count). The molecule has 2 fully saturated rings. The van der Waals surface area contributed by atoms with Gasteiger partial charge in [0, 0.05) is 43.8 Å². The number of rotatable bonds is 7. The molecule has 0 atom stereocenters. The van der Waals surface area contributed by atoms with Gasteiger partial charge in [0.25, 0.3) is 5.91 Å². The van der Waals surface area contributed by atoms with Crippen LogP contribution in [0.15, 0.2) is 24.3 Å². The van der Waals surface area contributed by atoms with Crippen LogP contribution in [0.5, 0.6) is 0 Å². The van der Waals surface area contributed by atoms with Crippen LogP contribution in [0.4, 0.5) is 0 Å². The Kier molecular flexibility index (Phi) is 7.40. The summed E-state index contributed by atoms with van der Waals surface area (Å²) in [4.78, 5) is 15.0. The number of carbonyl (C=O) groups excluding carboxylic acids is 1. The topological polar surface area (TPSA) is 69.7 Å². The molecular formula is C21H32BN3O3S. The van der Waals surface area contributed by atoms with Crippen LogP contribution < -0.4 is 10.8 Å². The summed E-state index contributed by atoms with van der Waals surface area (Å²) in [5.41, 5.74) is 1.17. The first-order valence-electron chi connectivity index (χ1n) is 10.7. The summed E-state index contributed by atoms with van der Waals surface area (Å²) in [7, 11) is 2.57. The minimum Gasteiger partial charge on any atom is -0.350 e. The normalized spacial score (nSPS) is 21.0. The summed E-state index contributed by atoms with van der Waals surface area (Å²) in [6.07, 6.45) is 6.23. The largest absolute Gasteiger partial charge is 0.350 e. The van der Waals surface area contributed by atoms with E-state index in [2.05, 4.69) is 10.2 Å². The van der Waals surface area contributed by atoms with Crippen molar-refractivity contribution in [1.82, 2.24) is 14.5 Å². The van der Waals surface area contributed by atoms with Gasteiger partial charge in [0.1, 0.15) is 7.85 Å². The highest BCUT2D eigenvalue weighted by molar-refractivity contribution is 7.89. The maximum Gasteiger partial charge on any atom is 0.251 e.